The average molecular weight is 317 g/mol. The van der Waals surface area contributed by atoms with Crippen molar-refractivity contribution in [2.24, 2.45) is 17.2 Å². The maximum absolute atomic E-state index is 10.1. The van der Waals surface area contributed by atoms with E-state index in [0.29, 0.717) is 13.0 Å². The summed E-state index contributed by atoms with van der Waals surface area (Å²) >= 11 is 0. The molecule has 0 heterocycles. The Morgan fingerprint density at radius 3 is 1.67 bits per heavy atom. The Morgan fingerprint density at radius 1 is 0.905 bits per heavy atom. The predicted octanol–water partition coefficient (Wildman–Crippen LogP) is -4.09. The first-order chi connectivity index (χ1) is 9.22. The minimum atomic E-state index is -1.17. The fourth-order valence-electron chi connectivity index (χ4n) is 1.03. The Hall–Kier alpha value is -0.710. The zero-order valence-electron chi connectivity index (χ0n) is 13.2. The smallest absolute Gasteiger partial charge is 1.00 e. The summed E-state index contributed by atoms with van der Waals surface area (Å²) < 4.78 is 0. The van der Waals surface area contributed by atoms with Gasteiger partial charge in [0.2, 0.25) is 0 Å². The summed E-state index contributed by atoms with van der Waals surface area (Å²) in [4.78, 5) is 30.0. The van der Waals surface area contributed by atoms with Crippen molar-refractivity contribution in [2.45, 2.75) is 44.2 Å². The van der Waals surface area contributed by atoms with Gasteiger partial charge in [-0.25, -0.2) is 0 Å². The SMILES string of the molecule is NC(CCC(=O)O)C(=O)O.NCCCCC(N)C(=O)O.[H-].[Na+]. The molecule has 0 aromatic rings. The van der Waals surface area contributed by atoms with E-state index in [9.17, 15) is 14.4 Å². The van der Waals surface area contributed by atoms with E-state index in [1.54, 1.807) is 0 Å². The first kappa shape index (κ1) is 25.3. The first-order valence-electron chi connectivity index (χ1n) is 6.11. The predicted molar refractivity (Wildman–Crippen MR) is 72.1 cm³/mol. The van der Waals surface area contributed by atoms with Crippen LogP contribution in [0.15, 0.2) is 0 Å². The normalized spacial score (nSPS) is 12.1. The van der Waals surface area contributed by atoms with Crippen LogP contribution in [0.3, 0.4) is 0 Å². The van der Waals surface area contributed by atoms with Gasteiger partial charge >= 0.3 is 47.5 Å². The van der Waals surface area contributed by atoms with Crippen molar-refractivity contribution in [3.63, 3.8) is 0 Å². The Bertz CT molecular complexity index is 322. The van der Waals surface area contributed by atoms with Crippen molar-refractivity contribution in [3.05, 3.63) is 0 Å². The van der Waals surface area contributed by atoms with Gasteiger partial charge in [0.1, 0.15) is 12.1 Å². The van der Waals surface area contributed by atoms with Crippen LogP contribution in [-0.2, 0) is 14.4 Å². The monoisotopic (exact) mass is 317 g/mol. The van der Waals surface area contributed by atoms with Gasteiger partial charge in [-0.3, -0.25) is 14.4 Å². The van der Waals surface area contributed by atoms with Crippen molar-refractivity contribution in [2.75, 3.05) is 6.54 Å². The molecule has 0 aliphatic rings. The molecule has 0 aliphatic carbocycles. The molecule has 10 heteroatoms. The molecule has 0 fully saturated rings. The molecule has 21 heavy (non-hydrogen) atoms. The summed E-state index contributed by atoms with van der Waals surface area (Å²) in [6, 6.07) is -1.78. The van der Waals surface area contributed by atoms with Gasteiger partial charge < -0.3 is 33.9 Å². The van der Waals surface area contributed by atoms with E-state index in [1.165, 1.54) is 0 Å². The third-order valence-electron chi connectivity index (χ3n) is 2.27. The second-order valence-corrected chi connectivity index (χ2v) is 4.11. The molecule has 0 aromatic carbocycles. The van der Waals surface area contributed by atoms with E-state index < -0.39 is 30.0 Å². The second-order valence-electron chi connectivity index (χ2n) is 4.11. The number of carboxylic acid groups (broad SMARTS) is 3. The summed E-state index contributed by atoms with van der Waals surface area (Å²) in [6.07, 6.45) is 1.94. The molecule has 120 valence electrons. The van der Waals surface area contributed by atoms with Crippen LogP contribution in [-0.4, -0.2) is 51.9 Å². The molecule has 0 amide bonds. The summed E-state index contributed by atoms with van der Waals surface area (Å²) in [7, 11) is 0. The van der Waals surface area contributed by atoms with Crippen molar-refractivity contribution in [1.82, 2.24) is 0 Å². The molecule has 0 rings (SSSR count). The van der Waals surface area contributed by atoms with E-state index in [0.717, 1.165) is 12.8 Å². The van der Waals surface area contributed by atoms with E-state index in [1.807, 2.05) is 0 Å². The fourth-order valence-corrected chi connectivity index (χ4v) is 1.03. The maximum Gasteiger partial charge on any atom is 1.00 e. The molecule has 0 saturated heterocycles. The van der Waals surface area contributed by atoms with Crippen LogP contribution in [0.25, 0.3) is 0 Å². The van der Waals surface area contributed by atoms with E-state index in [2.05, 4.69) is 0 Å². The van der Waals surface area contributed by atoms with Gasteiger partial charge in [0, 0.05) is 6.42 Å². The Balaban J connectivity index is -0.000000135. The number of carboxylic acids is 3. The molecule has 9 N–H and O–H groups in total. The van der Waals surface area contributed by atoms with E-state index >= 15 is 0 Å². The first-order valence-corrected chi connectivity index (χ1v) is 6.11. The maximum atomic E-state index is 10.1. The summed E-state index contributed by atoms with van der Waals surface area (Å²) in [6.45, 7) is 0.604. The number of carbonyl (C=O) groups is 3. The zero-order valence-corrected chi connectivity index (χ0v) is 14.2. The quantitative estimate of drug-likeness (QED) is 0.181. The van der Waals surface area contributed by atoms with Crippen LogP contribution in [0.5, 0.6) is 0 Å². The largest absolute Gasteiger partial charge is 1.00 e. The van der Waals surface area contributed by atoms with Crippen LogP contribution >= 0.6 is 0 Å². The molecule has 0 saturated carbocycles. The van der Waals surface area contributed by atoms with Crippen molar-refractivity contribution in [1.29, 1.82) is 0 Å². The van der Waals surface area contributed by atoms with Gasteiger partial charge in [-0.15, -0.1) is 0 Å². The topological polar surface area (TPSA) is 190 Å². The molecule has 9 nitrogen and oxygen atoms in total. The molecule has 0 spiro atoms. The number of rotatable bonds is 9. The number of unbranched alkanes of at least 4 members (excludes halogenated alkanes) is 1. The fraction of sp³-hybridized carbons (Fsp3) is 0.727. The van der Waals surface area contributed by atoms with Gasteiger partial charge in [0.15, 0.2) is 0 Å². The minimum Gasteiger partial charge on any atom is -1.00 e. The third kappa shape index (κ3) is 19.3. The molecule has 0 radical (unpaired) electrons. The van der Waals surface area contributed by atoms with Gasteiger partial charge in [-0.1, -0.05) is 6.42 Å². The Kier molecular flexibility index (Phi) is 18.9. The molecular formula is C11H24N3NaO6. The third-order valence-corrected chi connectivity index (χ3v) is 2.27. The number of hydrogen-bond acceptors (Lipinski definition) is 6. The van der Waals surface area contributed by atoms with Gasteiger partial charge in [0.05, 0.1) is 0 Å². The van der Waals surface area contributed by atoms with Gasteiger partial charge in [-0.05, 0) is 25.8 Å². The summed E-state index contributed by atoms with van der Waals surface area (Å²) in [5, 5.41) is 24.6. The summed E-state index contributed by atoms with van der Waals surface area (Å²) in [5.74, 6) is -3.13. The molecule has 2 atom stereocenters. The molecule has 0 aliphatic heterocycles. The molecule has 2 unspecified atom stereocenters. The minimum absolute atomic E-state index is 0. The molecular weight excluding hydrogens is 293 g/mol. The Morgan fingerprint density at radius 2 is 1.33 bits per heavy atom. The number of aliphatic carboxylic acids is 3. The Labute approximate surface area is 146 Å². The zero-order chi connectivity index (χ0) is 16.1. The summed E-state index contributed by atoms with van der Waals surface area (Å²) in [5.41, 5.74) is 15.4. The van der Waals surface area contributed by atoms with Crippen LogP contribution < -0.4 is 46.8 Å². The van der Waals surface area contributed by atoms with E-state index in [4.69, 9.17) is 32.5 Å². The number of nitrogens with two attached hydrogens (primary N) is 3. The van der Waals surface area contributed by atoms with Crippen LogP contribution in [0.2, 0.25) is 0 Å². The van der Waals surface area contributed by atoms with Crippen molar-refractivity contribution in [3.8, 4) is 0 Å². The van der Waals surface area contributed by atoms with E-state index in [-0.39, 0.29) is 43.8 Å². The van der Waals surface area contributed by atoms with Crippen molar-refractivity contribution < 1.29 is 60.7 Å². The van der Waals surface area contributed by atoms with Crippen molar-refractivity contribution >= 4 is 17.9 Å². The number of hydrogen-bond donors (Lipinski definition) is 6. The standard InChI is InChI=1S/C6H14N2O2.C5H9NO4.Na.H/c7-4-2-1-3-5(8)6(9)10;6-3(5(9)10)1-2-4(7)8;;/h5H,1-4,7-8H2,(H,9,10);3H,1-2,6H2,(H,7,8)(H,9,10);;/q;;+1;-1. The van der Waals surface area contributed by atoms with Gasteiger partial charge in [0.25, 0.3) is 0 Å². The molecule has 0 aromatic heterocycles. The molecule has 0 bridgehead atoms. The van der Waals surface area contributed by atoms with Crippen LogP contribution in [0.4, 0.5) is 0 Å². The van der Waals surface area contributed by atoms with Gasteiger partial charge in [-0.2, -0.15) is 0 Å². The van der Waals surface area contributed by atoms with Crippen LogP contribution in [0, 0.1) is 0 Å². The average Bonchev–Trinajstić information content (AvgIpc) is 2.36. The second kappa shape index (κ2) is 15.7. The van der Waals surface area contributed by atoms with Crippen LogP contribution in [0.1, 0.15) is 33.5 Å².